The van der Waals surface area contributed by atoms with Crippen LogP contribution in [-0.2, 0) is 51.2 Å². The normalized spacial score (nSPS) is 22.9. The van der Waals surface area contributed by atoms with Crippen LogP contribution < -0.4 is 54.4 Å². The maximum Gasteiger partial charge on any atom is 0.244 e. The Bertz CT molecular complexity index is 2250. The number of primary amides is 1. The van der Waals surface area contributed by atoms with Crippen LogP contribution in [-0.4, -0.2) is 130 Å². The van der Waals surface area contributed by atoms with Gasteiger partial charge in [-0.05, 0) is 86.0 Å². The zero-order valence-electron chi connectivity index (χ0n) is 38.5. The Morgan fingerprint density at radius 1 is 0.765 bits per heavy atom. The lowest BCUT2D eigenvalue weighted by Gasteiger charge is -2.29. The molecule has 0 aliphatic carbocycles. The Balaban J connectivity index is 1.72. The molecule has 370 valence electrons. The van der Waals surface area contributed by atoms with Gasteiger partial charge in [-0.25, -0.2) is 0 Å². The van der Waals surface area contributed by atoms with E-state index >= 15 is 0 Å². The summed E-state index contributed by atoms with van der Waals surface area (Å²) in [6.45, 7) is 6.24. The minimum Gasteiger partial charge on any atom is -0.508 e. The molecule has 1 heterocycles. The number of fused-ring (bicyclic) bond motifs is 1. The molecule has 3 aromatic rings. The van der Waals surface area contributed by atoms with Gasteiger partial charge in [0.1, 0.15) is 48.0 Å². The second kappa shape index (κ2) is 26.6. The third-order valence-electron chi connectivity index (χ3n) is 11.1. The van der Waals surface area contributed by atoms with Crippen molar-refractivity contribution in [3.63, 3.8) is 0 Å². The van der Waals surface area contributed by atoms with Crippen molar-refractivity contribution in [1.82, 2.24) is 37.2 Å². The first-order valence-corrected chi connectivity index (χ1v) is 24.8. The van der Waals surface area contributed by atoms with Crippen LogP contribution >= 0.6 is 21.6 Å². The molecule has 1 aliphatic heterocycles. The van der Waals surface area contributed by atoms with Crippen LogP contribution in [0.5, 0.6) is 5.75 Å². The minimum atomic E-state index is -1.53. The van der Waals surface area contributed by atoms with E-state index in [1.807, 2.05) is 42.5 Å². The molecule has 1 aliphatic rings. The van der Waals surface area contributed by atoms with Crippen molar-refractivity contribution in [1.29, 1.82) is 0 Å². The fraction of sp³-hybridized carbons (Fsp3) is 0.478. The topological polar surface area (TPSA) is 339 Å². The quantitative estimate of drug-likeness (QED) is 0.0650. The summed E-state index contributed by atoms with van der Waals surface area (Å²) in [6, 6.07) is 8.75. The molecular weight excluding hydrogens is 917 g/mol. The molecular formula is C46H64N10O10S2. The number of phenolic OH excluding ortho intramolecular Hbond substituents is 1. The largest absolute Gasteiger partial charge is 0.508 e. The van der Waals surface area contributed by atoms with Crippen molar-refractivity contribution in [2.75, 3.05) is 18.1 Å². The number of nitrogens with two attached hydrogens (primary N) is 3. The maximum absolute atomic E-state index is 14.3. The van der Waals surface area contributed by atoms with Crippen LogP contribution in [0.1, 0.15) is 58.1 Å². The number of amides is 8. The second-order valence-corrected chi connectivity index (χ2v) is 19.6. The van der Waals surface area contributed by atoms with Gasteiger partial charge in [0.2, 0.25) is 47.3 Å². The molecule has 9 atom stereocenters. The summed E-state index contributed by atoms with van der Waals surface area (Å²) in [4.78, 5) is 110. The fourth-order valence-corrected chi connectivity index (χ4v) is 9.44. The van der Waals surface area contributed by atoms with Crippen molar-refractivity contribution < 1.29 is 48.6 Å². The first-order valence-electron chi connectivity index (χ1n) is 22.3. The monoisotopic (exact) mass is 980 g/mol. The summed E-state index contributed by atoms with van der Waals surface area (Å²) in [7, 11) is 2.03. The van der Waals surface area contributed by atoms with Crippen LogP contribution in [0.2, 0.25) is 0 Å². The number of phenols is 1. The minimum absolute atomic E-state index is 0.0410. The highest BCUT2D eigenvalue weighted by Crippen LogP contribution is 2.24. The van der Waals surface area contributed by atoms with Gasteiger partial charge in [0.15, 0.2) is 0 Å². The Hall–Kier alpha value is -5.94. The lowest BCUT2D eigenvalue weighted by Crippen LogP contribution is -2.61. The van der Waals surface area contributed by atoms with Crippen molar-refractivity contribution in [3.8, 4) is 5.75 Å². The number of aliphatic hydroxyl groups is 1. The number of carbonyl (C=O) groups excluding carboxylic acids is 8. The Labute approximate surface area is 403 Å². The number of rotatable bonds is 15. The summed E-state index contributed by atoms with van der Waals surface area (Å²) in [6.07, 6.45) is -0.405. The van der Waals surface area contributed by atoms with Gasteiger partial charge in [-0.15, -0.1) is 0 Å². The van der Waals surface area contributed by atoms with E-state index in [-0.39, 0.29) is 36.5 Å². The molecule has 8 amide bonds. The average Bonchev–Trinajstić information content (AvgIpc) is 3.29. The highest BCUT2D eigenvalue weighted by molar-refractivity contribution is 8.76. The highest BCUT2D eigenvalue weighted by atomic mass is 33.1. The number of nitrogens with one attached hydrogen (secondary N) is 7. The number of hydrogen-bond acceptors (Lipinski definition) is 14. The summed E-state index contributed by atoms with van der Waals surface area (Å²) in [5.41, 5.74) is 18.9. The van der Waals surface area contributed by atoms with E-state index in [2.05, 4.69) is 37.2 Å². The third-order valence-corrected chi connectivity index (χ3v) is 13.5. The average molecular weight is 981 g/mol. The SMILES string of the molecule is CC(C)[C@@H]1NC(=O)[C@H](CCCCN)NC(=O)[C@@H](C)NC(=O)[C@H](Cc2ccc(O)cc2)NC(=O)[C@@H](NC(=O)[C@H](N)Cc2ccc3ccccc3c2)CSSC[C@@H](C(=O)N[C@H](C(N)=O)C(C)O)NC1=O. The van der Waals surface area contributed by atoms with Gasteiger partial charge in [0, 0.05) is 17.9 Å². The third kappa shape index (κ3) is 16.7. The van der Waals surface area contributed by atoms with Gasteiger partial charge in [-0.1, -0.05) is 90.0 Å². The Morgan fingerprint density at radius 2 is 1.40 bits per heavy atom. The van der Waals surface area contributed by atoms with Crippen molar-refractivity contribution in [2.24, 2.45) is 23.1 Å². The molecule has 22 heteroatoms. The number of benzene rings is 3. The number of unbranched alkanes of at least 4 members (excludes halogenated alkanes) is 1. The summed E-state index contributed by atoms with van der Waals surface area (Å²) in [5.74, 6) is -7.50. The summed E-state index contributed by atoms with van der Waals surface area (Å²) in [5, 5.41) is 40.4. The van der Waals surface area contributed by atoms with Crippen LogP contribution in [0.4, 0.5) is 0 Å². The zero-order valence-corrected chi connectivity index (χ0v) is 40.1. The van der Waals surface area contributed by atoms with E-state index in [0.717, 1.165) is 37.9 Å². The van der Waals surface area contributed by atoms with Gasteiger partial charge >= 0.3 is 0 Å². The molecule has 15 N–H and O–H groups in total. The number of aliphatic hydroxyl groups excluding tert-OH is 1. The molecule has 0 spiro atoms. The lowest BCUT2D eigenvalue weighted by atomic mass is 10.0. The van der Waals surface area contributed by atoms with Crippen LogP contribution in [0.3, 0.4) is 0 Å². The molecule has 0 saturated carbocycles. The maximum atomic E-state index is 14.3. The zero-order chi connectivity index (χ0) is 50.1. The molecule has 1 unspecified atom stereocenters. The standard InChI is InChI=1S/C46H64N10O10S2/c1-24(2)37-46(66)54-36(45(65)56-38(26(4)57)39(49)59)23-68-67-22-35(53-41(61)32(48)20-28-12-15-29-9-5-6-10-30(29)19-28)44(64)52-34(21-27-13-16-31(58)17-14-27)43(63)50-25(3)40(60)51-33(42(62)55-37)11-7-8-18-47/h5-6,9-10,12-17,19,24-26,32-38,57-58H,7-8,11,18,20-23,47-48H2,1-4H3,(H2,49,59)(H,50,63)(H,51,60)(H,52,64)(H,53,61)(H,54,66)(H,55,62)(H,56,65)/t25-,26?,32-,33+,34+,35+,36+,37+,38+/m1/s1. The number of carbonyl (C=O) groups is 8. The van der Waals surface area contributed by atoms with E-state index in [1.165, 1.54) is 26.0 Å². The van der Waals surface area contributed by atoms with E-state index in [0.29, 0.717) is 24.9 Å². The van der Waals surface area contributed by atoms with E-state index < -0.39 is 108 Å². The number of hydrogen-bond donors (Lipinski definition) is 12. The molecule has 1 fully saturated rings. The van der Waals surface area contributed by atoms with Crippen LogP contribution in [0, 0.1) is 5.92 Å². The molecule has 0 bridgehead atoms. The van der Waals surface area contributed by atoms with Gasteiger partial charge in [0.05, 0.1) is 12.1 Å². The van der Waals surface area contributed by atoms with Crippen LogP contribution in [0.25, 0.3) is 10.8 Å². The summed E-state index contributed by atoms with van der Waals surface area (Å²) >= 11 is 0. The van der Waals surface area contributed by atoms with Gasteiger partial charge in [-0.3, -0.25) is 38.4 Å². The first-order chi connectivity index (χ1) is 32.3. The molecule has 68 heavy (non-hydrogen) atoms. The smallest absolute Gasteiger partial charge is 0.244 e. The molecule has 0 radical (unpaired) electrons. The summed E-state index contributed by atoms with van der Waals surface area (Å²) < 4.78 is 0. The molecule has 0 aromatic heterocycles. The van der Waals surface area contributed by atoms with Crippen molar-refractivity contribution >= 4 is 79.6 Å². The Kier molecular flexibility index (Phi) is 21.4. The molecule has 1 saturated heterocycles. The second-order valence-electron chi connectivity index (χ2n) is 17.1. The predicted molar refractivity (Wildman–Crippen MR) is 260 cm³/mol. The molecule has 4 rings (SSSR count). The first kappa shape index (κ1) is 54.7. The van der Waals surface area contributed by atoms with Gasteiger partial charge in [0.25, 0.3) is 0 Å². The van der Waals surface area contributed by atoms with Crippen molar-refractivity contribution in [2.45, 2.75) is 114 Å². The van der Waals surface area contributed by atoms with Gasteiger partial charge in [-0.2, -0.15) is 0 Å². The predicted octanol–water partition coefficient (Wildman–Crippen LogP) is -0.882. The van der Waals surface area contributed by atoms with E-state index in [1.54, 1.807) is 26.0 Å². The number of aromatic hydroxyl groups is 1. The fourth-order valence-electron chi connectivity index (χ4n) is 7.11. The van der Waals surface area contributed by atoms with E-state index in [9.17, 15) is 48.6 Å². The molecule has 20 nitrogen and oxygen atoms in total. The van der Waals surface area contributed by atoms with Gasteiger partial charge < -0.3 is 64.6 Å². The lowest BCUT2D eigenvalue weighted by molar-refractivity contribution is -0.136. The highest BCUT2D eigenvalue weighted by Gasteiger charge is 2.35. The Morgan fingerprint density at radius 3 is 2.04 bits per heavy atom. The van der Waals surface area contributed by atoms with Crippen molar-refractivity contribution in [3.05, 3.63) is 77.9 Å². The van der Waals surface area contributed by atoms with E-state index in [4.69, 9.17) is 17.2 Å². The van der Waals surface area contributed by atoms with Crippen LogP contribution in [0.15, 0.2) is 66.7 Å². The molecule has 3 aromatic carbocycles.